The second-order valence-electron chi connectivity index (χ2n) is 4.30. The molecule has 1 heterocycles. The van der Waals surface area contributed by atoms with E-state index in [1.807, 2.05) is 24.0 Å². The number of rotatable bonds is 2. The van der Waals surface area contributed by atoms with Crippen molar-refractivity contribution in [2.24, 2.45) is 7.05 Å². The molecule has 0 spiro atoms. The lowest BCUT2D eigenvalue weighted by atomic mass is 10.0. The topological polar surface area (TPSA) is 20.9 Å². The summed E-state index contributed by atoms with van der Waals surface area (Å²) in [6, 6.07) is 10.7. The van der Waals surface area contributed by atoms with Gasteiger partial charge in [0.2, 0.25) is 0 Å². The minimum absolute atomic E-state index is 0.00849. The largest absolute Gasteiger partial charge is 0.673 e. The molecule has 0 saturated carbocycles. The first kappa shape index (κ1) is 17.4. The lowest BCUT2D eigenvalue weighted by Gasteiger charge is -2.00. The molecular formula is C15H12BF4NO. The average molecular weight is 309 g/mol. The van der Waals surface area contributed by atoms with Gasteiger partial charge in [0.1, 0.15) is 7.05 Å². The second-order valence-corrected chi connectivity index (χ2v) is 4.30. The molecule has 1 aromatic carbocycles. The maximum absolute atomic E-state index is 12.1. The number of benzene rings is 1. The Morgan fingerprint density at radius 2 is 1.41 bits per heavy atom. The lowest BCUT2D eigenvalue weighted by molar-refractivity contribution is -0.671. The van der Waals surface area contributed by atoms with Gasteiger partial charge in [0.15, 0.2) is 18.2 Å². The van der Waals surface area contributed by atoms with E-state index in [0.717, 1.165) is 5.56 Å². The molecular weight excluding hydrogens is 297 g/mol. The van der Waals surface area contributed by atoms with E-state index >= 15 is 0 Å². The molecule has 114 valence electrons. The van der Waals surface area contributed by atoms with Crippen molar-refractivity contribution in [2.45, 2.75) is 0 Å². The highest BCUT2D eigenvalue weighted by molar-refractivity contribution is 6.50. The summed E-state index contributed by atoms with van der Waals surface area (Å²) in [6.45, 7) is 0. The first-order chi connectivity index (χ1) is 10.2. The number of hydrogen-bond donors (Lipinski definition) is 0. The Bertz CT molecular complexity index is 667. The Kier molecular flexibility index (Phi) is 5.87. The van der Waals surface area contributed by atoms with Crippen molar-refractivity contribution < 1.29 is 26.6 Å². The molecule has 22 heavy (non-hydrogen) atoms. The van der Waals surface area contributed by atoms with Crippen LogP contribution in [-0.4, -0.2) is 13.0 Å². The molecule has 0 bridgehead atoms. The zero-order chi connectivity index (χ0) is 16.8. The van der Waals surface area contributed by atoms with Crippen LogP contribution < -0.4 is 4.57 Å². The van der Waals surface area contributed by atoms with Gasteiger partial charge in [-0.2, -0.15) is 0 Å². The van der Waals surface area contributed by atoms with Gasteiger partial charge < -0.3 is 17.3 Å². The summed E-state index contributed by atoms with van der Waals surface area (Å²) in [7, 11) is -4.09. The SMILES string of the molecule is C#Cc1ccc(C(=O)c2cc[n+](C)cc2)cc1.F[B-](F)(F)F. The van der Waals surface area contributed by atoms with Gasteiger partial charge in [-0.05, 0) is 24.3 Å². The standard InChI is InChI=1S/C15H12NO.BF4/c1-3-12-4-6-13(7-5-12)15(17)14-8-10-16(2)11-9-14;2-1(3,4)5/h1,4-11H,2H3;/q+1;-1. The zero-order valence-electron chi connectivity index (χ0n) is 11.6. The first-order valence-corrected chi connectivity index (χ1v) is 6.14. The van der Waals surface area contributed by atoms with E-state index < -0.39 is 7.25 Å². The molecule has 2 aromatic rings. The number of hydrogen-bond acceptors (Lipinski definition) is 1. The number of halogens is 4. The van der Waals surface area contributed by atoms with E-state index in [1.165, 1.54) is 0 Å². The summed E-state index contributed by atoms with van der Waals surface area (Å²) in [5.41, 5.74) is 2.11. The summed E-state index contributed by atoms with van der Waals surface area (Å²) < 4.78 is 40.9. The van der Waals surface area contributed by atoms with Crippen LogP contribution in [0.1, 0.15) is 21.5 Å². The number of carbonyl (C=O) groups is 1. The summed E-state index contributed by atoms with van der Waals surface area (Å²) in [6.07, 6.45) is 8.97. The third kappa shape index (κ3) is 6.22. The van der Waals surface area contributed by atoms with Gasteiger partial charge in [0.05, 0.1) is 0 Å². The van der Waals surface area contributed by atoms with Gasteiger partial charge in [-0.1, -0.05) is 5.92 Å². The molecule has 0 radical (unpaired) electrons. The molecule has 0 unspecified atom stereocenters. The summed E-state index contributed by atoms with van der Waals surface area (Å²) >= 11 is 0. The van der Waals surface area contributed by atoms with E-state index in [9.17, 15) is 22.1 Å². The van der Waals surface area contributed by atoms with Crippen molar-refractivity contribution in [3.8, 4) is 12.3 Å². The van der Waals surface area contributed by atoms with E-state index in [4.69, 9.17) is 6.42 Å². The Labute approximate surface area is 125 Å². The van der Waals surface area contributed by atoms with Crippen molar-refractivity contribution in [2.75, 3.05) is 0 Å². The van der Waals surface area contributed by atoms with Gasteiger partial charge in [0, 0.05) is 28.8 Å². The molecule has 2 rings (SSSR count). The van der Waals surface area contributed by atoms with Crippen molar-refractivity contribution in [3.05, 3.63) is 65.5 Å². The van der Waals surface area contributed by atoms with E-state index in [-0.39, 0.29) is 5.78 Å². The molecule has 0 saturated heterocycles. The van der Waals surface area contributed by atoms with Crippen LogP contribution in [0.3, 0.4) is 0 Å². The van der Waals surface area contributed by atoms with Crippen molar-refractivity contribution in [1.82, 2.24) is 0 Å². The number of aromatic nitrogens is 1. The molecule has 7 heteroatoms. The highest BCUT2D eigenvalue weighted by Crippen LogP contribution is 2.09. The number of ketones is 1. The fourth-order valence-corrected chi connectivity index (χ4v) is 1.54. The molecule has 0 atom stereocenters. The molecule has 1 aromatic heterocycles. The van der Waals surface area contributed by atoms with E-state index in [2.05, 4.69) is 5.92 Å². The Hall–Kier alpha value is -2.62. The van der Waals surface area contributed by atoms with Crippen LogP contribution in [0.25, 0.3) is 0 Å². The third-order valence-electron chi connectivity index (χ3n) is 2.55. The van der Waals surface area contributed by atoms with Gasteiger partial charge in [-0.25, -0.2) is 4.57 Å². The number of terminal acetylenes is 1. The van der Waals surface area contributed by atoms with Crippen molar-refractivity contribution in [1.29, 1.82) is 0 Å². The van der Waals surface area contributed by atoms with E-state index in [1.54, 1.807) is 36.4 Å². The minimum Gasteiger partial charge on any atom is -0.418 e. The summed E-state index contributed by atoms with van der Waals surface area (Å²) in [5.74, 6) is 2.53. The van der Waals surface area contributed by atoms with Crippen molar-refractivity contribution in [3.63, 3.8) is 0 Å². The van der Waals surface area contributed by atoms with Crippen LogP contribution in [0.4, 0.5) is 17.3 Å². The molecule has 0 aliphatic carbocycles. The number of aryl methyl sites for hydroxylation is 1. The minimum atomic E-state index is -6.00. The fourth-order valence-electron chi connectivity index (χ4n) is 1.54. The third-order valence-corrected chi connectivity index (χ3v) is 2.55. The Morgan fingerprint density at radius 3 is 1.82 bits per heavy atom. The molecule has 0 aliphatic heterocycles. The van der Waals surface area contributed by atoms with Gasteiger partial charge in [0.25, 0.3) is 0 Å². The first-order valence-electron chi connectivity index (χ1n) is 6.14. The summed E-state index contributed by atoms with van der Waals surface area (Å²) in [4.78, 5) is 12.1. The zero-order valence-corrected chi connectivity index (χ0v) is 11.6. The number of nitrogens with zero attached hydrogens (tertiary/aromatic N) is 1. The van der Waals surface area contributed by atoms with Crippen molar-refractivity contribution >= 4 is 13.0 Å². The molecule has 0 N–H and O–H groups in total. The second kappa shape index (κ2) is 7.41. The molecule has 0 amide bonds. The lowest BCUT2D eigenvalue weighted by Crippen LogP contribution is -2.26. The predicted octanol–water partition coefficient (Wildman–Crippen LogP) is 3.02. The average Bonchev–Trinajstić information content (AvgIpc) is 2.46. The molecule has 0 aliphatic rings. The van der Waals surface area contributed by atoms with Crippen LogP contribution in [-0.2, 0) is 7.05 Å². The highest BCUT2D eigenvalue weighted by Gasteiger charge is 2.20. The van der Waals surface area contributed by atoms with Gasteiger partial charge in [-0.15, -0.1) is 6.42 Å². The van der Waals surface area contributed by atoms with Crippen LogP contribution in [0.5, 0.6) is 0 Å². The normalized spacial score (nSPS) is 10.2. The van der Waals surface area contributed by atoms with E-state index in [0.29, 0.717) is 11.1 Å². The quantitative estimate of drug-likeness (QED) is 0.275. The summed E-state index contributed by atoms with van der Waals surface area (Å²) in [5, 5.41) is 0. The fraction of sp³-hybridized carbons (Fsp3) is 0.0667. The van der Waals surface area contributed by atoms with Crippen LogP contribution in [0, 0.1) is 12.3 Å². The van der Waals surface area contributed by atoms with Gasteiger partial charge >= 0.3 is 7.25 Å². The number of carbonyl (C=O) groups excluding carboxylic acids is 1. The number of pyridine rings is 1. The maximum Gasteiger partial charge on any atom is 0.673 e. The predicted molar refractivity (Wildman–Crippen MR) is 75.6 cm³/mol. The molecule has 2 nitrogen and oxygen atoms in total. The monoisotopic (exact) mass is 309 g/mol. The molecule has 0 fully saturated rings. The van der Waals surface area contributed by atoms with Crippen LogP contribution >= 0.6 is 0 Å². The maximum atomic E-state index is 12.1. The Morgan fingerprint density at radius 1 is 1.00 bits per heavy atom. The van der Waals surface area contributed by atoms with Gasteiger partial charge in [-0.3, -0.25) is 4.79 Å². The highest BCUT2D eigenvalue weighted by atomic mass is 19.5. The smallest absolute Gasteiger partial charge is 0.418 e. The van der Waals surface area contributed by atoms with Crippen LogP contribution in [0.2, 0.25) is 0 Å². The van der Waals surface area contributed by atoms with Crippen LogP contribution in [0.15, 0.2) is 48.8 Å². The Balaban J connectivity index is 0.000000422.